The van der Waals surface area contributed by atoms with Gasteiger partial charge in [-0.1, -0.05) is 27.2 Å². The summed E-state index contributed by atoms with van der Waals surface area (Å²) in [7, 11) is 0. The fourth-order valence-electron chi connectivity index (χ4n) is 0.953. The van der Waals surface area contributed by atoms with E-state index in [-0.39, 0.29) is 23.9 Å². The second-order valence-corrected chi connectivity index (χ2v) is 3.73. The molecule has 0 heterocycles. The van der Waals surface area contributed by atoms with Crippen molar-refractivity contribution in [3.63, 3.8) is 0 Å². The van der Waals surface area contributed by atoms with E-state index in [0.717, 1.165) is 12.8 Å². The Morgan fingerprint density at radius 2 is 1.85 bits per heavy atom. The van der Waals surface area contributed by atoms with Crippen molar-refractivity contribution in [3.05, 3.63) is 0 Å². The highest BCUT2D eigenvalue weighted by Crippen LogP contribution is 2.05. The molecule has 0 aromatic heterocycles. The molecule has 0 aliphatic rings. The number of carbonyl (C=O) groups is 1. The van der Waals surface area contributed by atoms with Gasteiger partial charge in [0.15, 0.2) is 0 Å². The van der Waals surface area contributed by atoms with E-state index in [2.05, 4.69) is 5.32 Å². The monoisotopic (exact) mass is 186 g/mol. The fraction of sp³-hybridized carbons (Fsp3) is 0.900. The minimum absolute atomic E-state index is 0.0244. The van der Waals surface area contributed by atoms with Gasteiger partial charge < -0.3 is 11.1 Å². The van der Waals surface area contributed by atoms with E-state index in [1.165, 1.54) is 0 Å². The van der Waals surface area contributed by atoms with Gasteiger partial charge in [0, 0.05) is 6.04 Å². The zero-order valence-corrected chi connectivity index (χ0v) is 9.13. The molecule has 0 rings (SSSR count). The predicted molar refractivity (Wildman–Crippen MR) is 55.3 cm³/mol. The molecule has 0 aliphatic carbocycles. The lowest BCUT2D eigenvalue weighted by Gasteiger charge is -2.20. The molecule has 0 aliphatic heterocycles. The van der Waals surface area contributed by atoms with Crippen LogP contribution in [0.5, 0.6) is 0 Å². The zero-order valence-electron chi connectivity index (χ0n) is 9.13. The highest BCUT2D eigenvalue weighted by molar-refractivity contribution is 5.81. The summed E-state index contributed by atoms with van der Waals surface area (Å²) < 4.78 is 0. The van der Waals surface area contributed by atoms with Crippen molar-refractivity contribution >= 4 is 5.91 Å². The third-order valence-electron chi connectivity index (χ3n) is 2.56. The maximum Gasteiger partial charge on any atom is 0.237 e. The summed E-state index contributed by atoms with van der Waals surface area (Å²) in [4.78, 5) is 11.5. The molecule has 3 heteroatoms. The van der Waals surface area contributed by atoms with Crippen molar-refractivity contribution in [2.75, 3.05) is 0 Å². The molecule has 0 aromatic carbocycles. The van der Waals surface area contributed by atoms with Gasteiger partial charge in [-0.15, -0.1) is 0 Å². The summed E-state index contributed by atoms with van der Waals surface area (Å²) in [5, 5.41) is 2.88. The molecular formula is C10H22N2O. The second kappa shape index (κ2) is 5.97. The molecule has 0 radical (unpaired) electrons. The average Bonchev–Trinajstić information content (AvgIpc) is 2.14. The van der Waals surface area contributed by atoms with Gasteiger partial charge in [-0.05, 0) is 19.3 Å². The standard InChI is InChI=1S/C10H22N2O/c1-5-7(3)9(11)10(13)12-8(4)6-2/h7-9H,5-6,11H2,1-4H3,(H,12,13)/t7-,8+,9+/m1/s1. The molecule has 0 aromatic rings. The Labute approximate surface area is 81.1 Å². The first kappa shape index (κ1) is 12.4. The summed E-state index contributed by atoms with van der Waals surface area (Å²) in [6, 6.07) is -0.137. The van der Waals surface area contributed by atoms with Crippen LogP contribution in [0, 0.1) is 5.92 Å². The molecule has 3 atom stereocenters. The average molecular weight is 186 g/mol. The maximum atomic E-state index is 11.5. The summed E-state index contributed by atoms with van der Waals surface area (Å²) in [5.74, 6) is 0.229. The van der Waals surface area contributed by atoms with E-state index in [9.17, 15) is 4.79 Å². The van der Waals surface area contributed by atoms with Gasteiger partial charge in [-0.25, -0.2) is 0 Å². The van der Waals surface area contributed by atoms with E-state index in [1.54, 1.807) is 0 Å². The Bertz CT molecular complexity index is 159. The first-order valence-electron chi connectivity index (χ1n) is 5.08. The van der Waals surface area contributed by atoms with Crippen molar-refractivity contribution in [2.45, 2.75) is 52.6 Å². The van der Waals surface area contributed by atoms with Gasteiger partial charge in [-0.3, -0.25) is 4.79 Å². The molecule has 13 heavy (non-hydrogen) atoms. The number of nitrogens with two attached hydrogens (primary N) is 1. The fourth-order valence-corrected chi connectivity index (χ4v) is 0.953. The van der Waals surface area contributed by atoms with E-state index >= 15 is 0 Å². The van der Waals surface area contributed by atoms with Gasteiger partial charge in [0.1, 0.15) is 0 Å². The molecule has 0 spiro atoms. The van der Waals surface area contributed by atoms with Gasteiger partial charge in [0.25, 0.3) is 0 Å². The van der Waals surface area contributed by atoms with E-state index < -0.39 is 0 Å². The second-order valence-electron chi connectivity index (χ2n) is 3.73. The lowest BCUT2D eigenvalue weighted by molar-refractivity contribution is -0.124. The normalized spacial score (nSPS) is 17.6. The quantitative estimate of drug-likeness (QED) is 0.679. The van der Waals surface area contributed by atoms with E-state index in [4.69, 9.17) is 5.73 Å². The van der Waals surface area contributed by atoms with Crippen LogP contribution in [0.25, 0.3) is 0 Å². The zero-order chi connectivity index (χ0) is 10.4. The molecule has 3 nitrogen and oxygen atoms in total. The molecule has 0 fully saturated rings. The first-order valence-corrected chi connectivity index (χ1v) is 5.08. The van der Waals surface area contributed by atoms with Crippen LogP contribution >= 0.6 is 0 Å². The molecule has 0 saturated carbocycles. The van der Waals surface area contributed by atoms with Crippen LogP contribution in [0.3, 0.4) is 0 Å². The Hall–Kier alpha value is -0.570. The molecule has 0 unspecified atom stereocenters. The van der Waals surface area contributed by atoms with E-state index in [1.807, 2.05) is 27.7 Å². The lowest BCUT2D eigenvalue weighted by atomic mass is 9.99. The third kappa shape index (κ3) is 4.27. The molecule has 0 bridgehead atoms. The van der Waals surface area contributed by atoms with Gasteiger partial charge in [-0.2, -0.15) is 0 Å². The molecule has 1 amide bonds. The van der Waals surface area contributed by atoms with Crippen LogP contribution in [-0.2, 0) is 4.79 Å². The van der Waals surface area contributed by atoms with Crippen molar-refractivity contribution in [2.24, 2.45) is 11.7 Å². The van der Waals surface area contributed by atoms with Crippen LogP contribution in [-0.4, -0.2) is 18.0 Å². The Balaban J connectivity index is 3.96. The molecule has 78 valence electrons. The molecule has 3 N–H and O–H groups in total. The third-order valence-corrected chi connectivity index (χ3v) is 2.56. The van der Waals surface area contributed by atoms with Crippen LogP contribution in [0.2, 0.25) is 0 Å². The summed E-state index contributed by atoms with van der Waals surface area (Å²) in [6.45, 7) is 8.07. The Morgan fingerprint density at radius 3 is 2.23 bits per heavy atom. The van der Waals surface area contributed by atoms with Crippen molar-refractivity contribution < 1.29 is 4.79 Å². The van der Waals surface area contributed by atoms with Crippen molar-refractivity contribution in [1.82, 2.24) is 5.32 Å². The summed E-state index contributed by atoms with van der Waals surface area (Å²) in [6.07, 6.45) is 1.88. The van der Waals surface area contributed by atoms with Crippen molar-refractivity contribution in [1.29, 1.82) is 0 Å². The smallest absolute Gasteiger partial charge is 0.237 e. The summed E-state index contributed by atoms with van der Waals surface area (Å²) in [5.41, 5.74) is 5.76. The number of carbonyl (C=O) groups excluding carboxylic acids is 1. The predicted octanol–water partition coefficient (Wildman–Crippen LogP) is 1.27. The van der Waals surface area contributed by atoms with E-state index in [0.29, 0.717) is 0 Å². The number of nitrogens with one attached hydrogen (secondary N) is 1. The van der Waals surface area contributed by atoms with Gasteiger partial charge in [0.05, 0.1) is 6.04 Å². The van der Waals surface area contributed by atoms with Crippen molar-refractivity contribution in [3.8, 4) is 0 Å². The molecular weight excluding hydrogens is 164 g/mol. The van der Waals surface area contributed by atoms with Gasteiger partial charge in [0.2, 0.25) is 5.91 Å². The SMILES string of the molecule is CC[C@@H](C)[C@H](N)C(=O)N[C@@H](C)CC. The topological polar surface area (TPSA) is 55.1 Å². The highest BCUT2D eigenvalue weighted by atomic mass is 16.2. The highest BCUT2D eigenvalue weighted by Gasteiger charge is 2.19. The van der Waals surface area contributed by atoms with Crippen LogP contribution in [0.1, 0.15) is 40.5 Å². The lowest BCUT2D eigenvalue weighted by Crippen LogP contribution is -2.47. The number of rotatable bonds is 5. The minimum atomic E-state index is -0.362. The number of hydrogen-bond donors (Lipinski definition) is 2. The van der Waals surface area contributed by atoms with Gasteiger partial charge >= 0.3 is 0 Å². The van der Waals surface area contributed by atoms with Crippen LogP contribution in [0.4, 0.5) is 0 Å². The number of amides is 1. The summed E-state index contributed by atoms with van der Waals surface area (Å²) >= 11 is 0. The first-order chi connectivity index (χ1) is 6.02. The largest absolute Gasteiger partial charge is 0.352 e. The molecule has 0 saturated heterocycles. The Morgan fingerprint density at radius 1 is 1.31 bits per heavy atom. The minimum Gasteiger partial charge on any atom is -0.352 e. The van der Waals surface area contributed by atoms with Crippen LogP contribution in [0.15, 0.2) is 0 Å². The van der Waals surface area contributed by atoms with Crippen LogP contribution < -0.4 is 11.1 Å². The Kier molecular flexibility index (Phi) is 5.71. The number of hydrogen-bond acceptors (Lipinski definition) is 2. The maximum absolute atomic E-state index is 11.5.